The standard InChI is InChI=1S/C33H40N2O9.C3H5NO/c1-38-19-7-8-20-21-9-10-35-16-18-13-27(44-32(36)17-11-25(39-2)30(41-4)26(12-17)40-3)31(42-5)28(33(37)43-6)22(18)15-24(35)29(21)34-23(20)14-19;1-2-5-3-4-1/h7-8,11-12,14,18,22,24,27-28,31,34H,9-10,13,15-16H2,1-6H3;3H,1-2H2/t18-,22+,24-,27-,28+,31+;/m1./s1. The van der Waals surface area contributed by atoms with Crippen molar-refractivity contribution >= 4 is 29.2 Å². The van der Waals surface area contributed by atoms with E-state index in [9.17, 15) is 9.59 Å². The van der Waals surface area contributed by atoms with Gasteiger partial charge in [0.15, 0.2) is 17.9 Å². The SMILES string of the molecule is C1=NCCO1.COC(=O)[C@H]1[C@H]2C[C@@H]3c4[nH]c5cc(OC)ccc5c4CCN3C[C@H]2C[C@@H](OC(=O)c2cc(OC)c(OC)c(OC)c2)[C@@H]1OC. The van der Waals surface area contributed by atoms with E-state index in [1.54, 1.807) is 26.4 Å². The van der Waals surface area contributed by atoms with Crippen LogP contribution in [0.3, 0.4) is 0 Å². The van der Waals surface area contributed by atoms with Crippen molar-refractivity contribution in [3.8, 4) is 23.0 Å². The highest BCUT2D eigenvalue weighted by atomic mass is 16.6. The number of aliphatic imine (C=N–C) groups is 1. The molecule has 0 spiro atoms. The maximum absolute atomic E-state index is 13.5. The number of ether oxygens (including phenoxy) is 8. The lowest BCUT2D eigenvalue weighted by molar-refractivity contribution is -0.176. The van der Waals surface area contributed by atoms with Crippen LogP contribution in [-0.4, -0.2) is 109 Å². The van der Waals surface area contributed by atoms with Gasteiger partial charge in [-0.25, -0.2) is 4.79 Å². The van der Waals surface area contributed by atoms with Crippen LogP contribution in [0.2, 0.25) is 0 Å². The third-order valence-electron chi connectivity index (χ3n) is 10.2. The molecule has 1 N–H and O–H groups in total. The Morgan fingerprint density at radius 2 is 1.73 bits per heavy atom. The number of aromatic amines is 1. The van der Waals surface area contributed by atoms with Crippen LogP contribution in [0.4, 0.5) is 0 Å². The van der Waals surface area contributed by atoms with Gasteiger partial charge in [-0.05, 0) is 60.9 Å². The molecule has 0 amide bonds. The van der Waals surface area contributed by atoms with Crippen LogP contribution in [0.5, 0.6) is 23.0 Å². The number of fused-ring (bicyclic) bond motifs is 6. The first kappa shape index (κ1) is 34.4. The number of hydrogen-bond donors (Lipinski definition) is 1. The maximum atomic E-state index is 13.5. The zero-order valence-electron chi connectivity index (χ0n) is 28.9. The highest BCUT2D eigenvalue weighted by molar-refractivity contribution is 5.91. The maximum Gasteiger partial charge on any atom is 0.338 e. The molecule has 4 heterocycles. The van der Waals surface area contributed by atoms with E-state index in [0.29, 0.717) is 23.7 Å². The molecule has 1 aromatic heterocycles. The summed E-state index contributed by atoms with van der Waals surface area (Å²) < 4.78 is 43.8. The fraction of sp³-hybridized carbons (Fsp3) is 0.528. The first-order valence-electron chi connectivity index (χ1n) is 16.5. The van der Waals surface area contributed by atoms with E-state index in [1.807, 2.05) is 12.1 Å². The average molecular weight is 680 g/mol. The second kappa shape index (κ2) is 15.0. The van der Waals surface area contributed by atoms with E-state index in [1.165, 1.54) is 51.5 Å². The molecule has 2 aromatic carbocycles. The molecule has 0 radical (unpaired) electrons. The van der Waals surface area contributed by atoms with Crippen molar-refractivity contribution < 1.29 is 47.5 Å². The highest BCUT2D eigenvalue weighted by Crippen LogP contribution is 2.51. The first-order chi connectivity index (χ1) is 23.8. The third-order valence-corrected chi connectivity index (χ3v) is 10.2. The number of methoxy groups -OCH3 is 6. The Hall–Kier alpha value is -4.49. The van der Waals surface area contributed by atoms with Gasteiger partial charge in [0.05, 0.1) is 59.6 Å². The fourth-order valence-corrected chi connectivity index (χ4v) is 8.03. The molecule has 264 valence electrons. The van der Waals surface area contributed by atoms with E-state index < -0.39 is 24.1 Å². The zero-order chi connectivity index (χ0) is 34.7. The molecule has 6 atom stereocenters. The van der Waals surface area contributed by atoms with Crippen LogP contribution in [0.15, 0.2) is 35.3 Å². The van der Waals surface area contributed by atoms with Crippen molar-refractivity contribution in [2.24, 2.45) is 22.7 Å². The molecule has 13 heteroatoms. The van der Waals surface area contributed by atoms with E-state index >= 15 is 0 Å². The van der Waals surface area contributed by atoms with Gasteiger partial charge in [-0.3, -0.25) is 14.7 Å². The minimum Gasteiger partial charge on any atom is -0.497 e. The molecule has 2 fully saturated rings. The number of nitrogens with one attached hydrogen (secondary N) is 1. The Morgan fingerprint density at radius 3 is 2.33 bits per heavy atom. The molecular weight excluding hydrogens is 634 g/mol. The largest absolute Gasteiger partial charge is 0.497 e. The number of aromatic nitrogens is 1. The highest BCUT2D eigenvalue weighted by Gasteiger charge is 2.54. The van der Waals surface area contributed by atoms with Gasteiger partial charge in [0.25, 0.3) is 0 Å². The molecule has 1 saturated carbocycles. The summed E-state index contributed by atoms with van der Waals surface area (Å²) in [6.07, 6.45) is 2.41. The van der Waals surface area contributed by atoms with E-state index in [-0.39, 0.29) is 29.4 Å². The molecule has 0 bridgehead atoms. The van der Waals surface area contributed by atoms with Gasteiger partial charge in [-0.15, -0.1) is 0 Å². The summed E-state index contributed by atoms with van der Waals surface area (Å²) in [6.45, 7) is 3.31. The average Bonchev–Trinajstić information content (AvgIpc) is 3.84. The van der Waals surface area contributed by atoms with Gasteiger partial charge in [0.2, 0.25) is 5.75 Å². The Balaban J connectivity index is 0.000000765. The molecule has 1 saturated heterocycles. The summed E-state index contributed by atoms with van der Waals surface area (Å²) in [5, 5.41) is 1.21. The van der Waals surface area contributed by atoms with Crippen molar-refractivity contribution in [1.29, 1.82) is 0 Å². The van der Waals surface area contributed by atoms with Crippen molar-refractivity contribution in [1.82, 2.24) is 9.88 Å². The Bertz CT molecular complexity index is 1660. The number of esters is 2. The second-order valence-electron chi connectivity index (χ2n) is 12.6. The number of carbonyl (C=O) groups excluding carboxylic acids is 2. The molecule has 3 aliphatic heterocycles. The first-order valence-corrected chi connectivity index (χ1v) is 16.5. The number of rotatable bonds is 8. The van der Waals surface area contributed by atoms with Crippen LogP contribution < -0.4 is 18.9 Å². The summed E-state index contributed by atoms with van der Waals surface area (Å²) in [4.78, 5) is 36.9. The molecule has 49 heavy (non-hydrogen) atoms. The lowest BCUT2D eigenvalue weighted by atomic mass is 9.63. The van der Waals surface area contributed by atoms with Crippen LogP contribution in [-0.2, 0) is 30.2 Å². The molecular formula is C36H45N3O10. The second-order valence-corrected chi connectivity index (χ2v) is 12.6. The van der Waals surface area contributed by atoms with E-state index in [2.05, 4.69) is 25.7 Å². The smallest absolute Gasteiger partial charge is 0.338 e. The summed E-state index contributed by atoms with van der Waals surface area (Å²) in [5.74, 6) is 0.441. The summed E-state index contributed by atoms with van der Waals surface area (Å²) in [6, 6.07) is 9.40. The Labute approximate surface area is 285 Å². The van der Waals surface area contributed by atoms with E-state index in [0.717, 1.165) is 50.3 Å². The lowest BCUT2D eigenvalue weighted by Crippen LogP contribution is -2.58. The van der Waals surface area contributed by atoms with Crippen LogP contribution in [0, 0.1) is 17.8 Å². The number of carbonyl (C=O) groups is 2. The monoisotopic (exact) mass is 679 g/mol. The normalized spacial score (nSPS) is 25.4. The number of piperidine rings is 1. The molecule has 3 aromatic rings. The summed E-state index contributed by atoms with van der Waals surface area (Å²) in [7, 11) is 9.10. The quantitative estimate of drug-likeness (QED) is 0.343. The van der Waals surface area contributed by atoms with Gasteiger partial charge in [-0.2, -0.15) is 0 Å². The summed E-state index contributed by atoms with van der Waals surface area (Å²) >= 11 is 0. The molecule has 4 aliphatic rings. The van der Waals surface area contributed by atoms with Crippen LogP contribution in [0.1, 0.15) is 40.5 Å². The minimum atomic E-state index is -0.670. The number of H-pyrrole nitrogens is 1. The van der Waals surface area contributed by atoms with Crippen molar-refractivity contribution in [2.75, 3.05) is 68.9 Å². The zero-order valence-corrected chi connectivity index (χ0v) is 28.9. The number of hydrogen-bond acceptors (Lipinski definition) is 12. The van der Waals surface area contributed by atoms with E-state index in [4.69, 9.17) is 33.2 Å². The van der Waals surface area contributed by atoms with Gasteiger partial charge < -0.3 is 42.9 Å². The molecule has 1 aliphatic carbocycles. The van der Waals surface area contributed by atoms with Crippen molar-refractivity contribution in [3.63, 3.8) is 0 Å². The summed E-state index contributed by atoms with van der Waals surface area (Å²) in [5.41, 5.74) is 3.83. The third kappa shape index (κ3) is 6.61. The molecule has 13 nitrogen and oxygen atoms in total. The van der Waals surface area contributed by atoms with Gasteiger partial charge in [-0.1, -0.05) is 0 Å². The fourth-order valence-electron chi connectivity index (χ4n) is 8.03. The van der Waals surface area contributed by atoms with Gasteiger partial charge >= 0.3 is 11.9 Å². The van der Waals surface area contributed by atoms with Gasteiger partial charge in [0, 0.05) is 42.9 Å². The predicted molar refractivity (Wildman–Crippen MR) is 180 cm³/mol. The Kier molecular flexibility index (Phi) is 10.5. The topological polar surface area (TPSA) is 139 Å². The number of nitrogens with zero attached hydrogens (tertiary/aromatic N) is 2. The van der Waals surface area contributed by atoms with Crippen LogP contribution >= 0.6 is 0 Å². The molecule has 7 rings (SSSR count). The molecule has 0 unspecified atom stereocenters. The van der Waals surface area contributed by atoms with Gasteiger partial charge in [0.1, 0.15) is 24.6 Å². The van der Waals surface area contributed by atoms with Crippen LogP contribution in [0.25, 0.3) is 10.9 Å². The predicted octanol–water partition coefficient (Wildman–Crippen LogP) is 4.22. The Morgan fingerprint density at radius 1 is 0.959 bits per heavy atom. The van der Waals surface area contributed by atoms with Crippen molar-refractivity contribution in [2.45, 2.75) is 37.5 Å². The number of benzene rings is 2. The van der Waals surface area contributed by atoms with Crippen molar-refractivity contribution in [3.05, 3.63) is 47.2 Å². The lowest BCUT2D eigenvalue weighted by Gasteiger charge is -2.52. The minimum absolute atomic E-state index is 0.0170.